The average molecular weight is 271 g/mol. The Morgan fingerprint density at radius 1 is 1.20 bits per heavy atom. The van der Waals surface area contributed by atoms with Crippen LogP contribution in [0.25, 0.3) is 0 Å². The molecule has 0 saturated carbocycles. The van der Waals surface area contributed by atoms with Crippen molar-refractivity contribution < 1.29 is 9.18 Å². The minimum absolute atomic E-state index is 0.0809. The number of carbonyl (C=O) groups excluding carboxylic acids is 1. The molecule has 1 atom stereocenters. The third-order valence-corrected chi connectivity index (χ3v) is 3.29. The van der Waals surface area contributed by atoms with Crippen LogP contribution in [-0.4, -0.2) is 12.5 Å². The van der Waals surface area contributed by atoms with E-state index >= 15 is 0 Å². The Balaban J connectivity index is 1.94. The Kier molecular flexibility index (Phi) is 4.51. The second-order valence-corrected chi connectivity index (χ2v) is 5.03. The summed E-state index contributed by atoms with van der Waals surface area (Å²) in [4.78, 5) is 12.0. The van der Waals surface area contributed by atoms with Gasteiger partial charge in [-0.05, 0) is 42.7 Å². The fraction of sp³-hybridized carbons (Fsp3) is 0.235. The Bertz CT molecular complexity index is 592. The van der Waals surface area contributed by atoms with Crippen LogP contribution in [0.3, 0.4) is 0 Å². The van der Waals surface area contributed by atoms with Crippen LogP contribution in [0.15, 0.2) is 48.5 Å². The third-order valence-electron chi connectivity index (χ3n) is 3.29. The molecule has 3 heteroatoms. The molecule has 0 aliphatic heterocycles. The number of halogens is 1. The predicted octanol–water partition coefficient (Wildman–Crippen LogP) is 3.67. The van der Waals surface area contributed by atoms with Gasteiger partial charge in [0.15, 0.2) is 0 Å². The summed E-state index contributed by atoms with van der Waals surface area (Å²) in [6, 6.07) is 13.9. The second-order valence-electron chi connectivity index (χ2n) is 5.03. The minimum Gasteiger partial charge on any atom is -0.351 e. The van der Waals surface area contributed by atoms with Crippen molar-refractivity contribution in [1.82, 2.24) is 5.32 Å². The number of aryl methyl sites for hydroxylation is 1. The molecule has 0 spiro atoms. The third kappa shape index (κ3) is 3.67. The molecule has 0 aliphatic carbocycles. The van der Waals surface area contributed by atoms with E-state index in [9.17, 15) is 9.18 Å². The number of carbonyl (C=O) groups is 1. The van der Waals surface area contributed by atoms with Crippen molar-refractivity contribution in [3.05, 3.63) is 71.0 Å². The standard InChI is InChI=1S/C17H18FNO/c1-12-4-3-5-15(10-12)17(20)19-11-13(2)14-6-8-16(18)9-7-14/h3-10,13H,11H2,1-2H3,(H,19,20). The first-order valence-corrected chi connectivity index (χ1v) is 6.66. The molecule has 2 nitrogen and oxygen atoms in total. The van der Waals surface area contributed by atoms with Crippen molar-refractivity contribution >= 4 is 5.91 Å². The van der Waals surface area contributed by atoms with Crippen LogP contribution >= 0.6 is 0 Å². The summed E-state index contributed by atoms with van der Waals surface area (Å²) in [5.74, 6) is -0.184. The maximum atomic E-state index is 12.9. The van der Waals surface area contributed by atoms with Gasteiger partial charge in [-0.2, -0.15) is 0 Å². The van der Waals surface area contributed by atoms with Gasteiger partial charge in [0.2, 0.25) is 0 Å². The Morgan fingerprint density at radius 3 is 2.55 bits per heavy atom. The van der Waals surface area contributed by atoms with Gasteiger partial charge in [0.05, 0.1) is 0 Å². The summed E-state index contributed by atoms with van der Waals surface area (Å²) in [5.41, 5.74) is 2.73. The van der Waals surface area contributed by atoms with Gasteiger partial charge < -0.3 is 5.32 Å². The van der Waals surface area contributed by atoms with Crippen molar-refractivity contribution in [1.29, 1.82) is 0 Å². The van der Waals surface area contributed by atoms with Gasteiger partial charge in [-0.3, -0.25) is 4.79 Å². The molecule has 0 heterocycles. The largest absolute Gasteiger partial charge is 0.351 e. The first-order chi connectivity index (χ1) is 9.56. The number of nitrogens with one attached hydrogen (secondary N) is 1. The van der Waals surface area contributed by atoms with Gasteiger partial charge in [0, 0.05) is 12.1 Å². The average Bonchev–Trinajstić information content (AvgIpc) is 2.45. The smallest absolute Gasteiger partial charge is 0.251 e. The normalized spacial score (nSPS) is 11.9. The van der Waals surface area contributed by atoms with E-state index in [2.05, 4.69) is 5.32 Å². The van der Waals surface area contributed by atoms with E-state index in [0.717, 1.165) is 11.1 Å². The van der Waals surface area contributed by atoms with Crippen LogP contribution in [-0.2, 0) is 0 Å². The zero-order valence-electron chi connectivity index (χ0n) is 11.7. The molecular weight excluding hydrogens is 253 g/mol. The Hall–Kier alpha value is -2.16. The highest BCUT2D eigenvalue weighted by molar-refractivity contribution is 5.94. The molecule has 1 N–H and O–H groups in total. The lowest BCUT2D eigenvalue weighted by molar-refractivity contribution is 0.0951. The maximum absolute atomic E-state index is 12.9. The summed E-state index contributed by atoms with van der Waals surface area (Å²) in [7, 11) is 0. The molecule has 0 bridgehead atoms. The quantitative estimate of drug-likeness (QED) is 0.903. The van der Waals surface area contributed by atoms with Crippen LogP contribution in [0, 0.1) is 12.7 Å². The molecule has 0 aromatic heterocycles. The predicted molar refractivity (Wildman–Crippen MR) is 78.3 cm³/mol. The maximum Gasteiger partial charge on any atom is 0.251 e. The van der Waals surface area contributed by atoms with Crippen LogP contribution in [0.1, 0.15) is 34.3 Å². The molecule has 2 aromatic rings. The topological polar surface area (TPSA) is 29.1 Å². The highest BCUT2D eigenvalue weighted by Crippen LogP contribution is 2.15. The van der Waals surface area contributed by atoms with Gasteiger partial charge in [-0.25, -0.2) is 4.39 Å². The SMILES string of the molecule is Cc1cccc(C(=O)NCC(C)c2ccc(F)cc2)c1. The Morgan fingerprint density at radius 2 is 1.90 bits per heavy atom. The van der Waals surface area contributed by atoms with E-state index in [1.807, 2.05) is 32.0 Å². The van der Waals surface area contributed by atoms with E-state index in [4.69, 9.17) is 0 Å². The fourth-order valence-corrected chi connectivity index (χ4v) is 2.04. The fourth-order valence-electron chi connectivity index (χ4n) is 2.04. The highest BCUT2D eigenvalue weighted by atomic mass is 19.1. The zero-order chi connectivity index (χ0) is 14.5. The van der Waals surface area contributed by atoms with Crippen LogP contribution < -0.4 is 5.32 Å². The summed E-state index contributed by atoms with van der Waals surface area (Å²) in [5, 5.41) is 2.91. The lowest BCUT2D eigenvalue weighted by Crippen LogP contribution is -2.27. The van der Waals surface area contributed by atoms with Crippen molar-refractivity contribution in [2.75, 3.05) is 6.54 Å². The summed E-state index contributed by atoms with van der Waals surface area (Å²) in [6.07, 6.45) is 0. The molecule has 104 valence electrons. The molecule has 0 fully saturated rings. The van der Waals surface area contributed by atoms with E-state index in [-0.39, 0.29) is 17.6 Å². The number of benzene rings is 2. The lowest BCUT2D eigenvalue weighted by atomic mass is 10.0. The van der Waals surface area contributed by atoms with Crippen LogP contribution in [0.2, 0.25) is 0 Å². The molecule has 1 unspecified atom stereocenters. The summed E-state index contributed by atoms with van der Waals surface area (Å²) in [6.45, 7) is 4.49. The molecule has 0 aliphatic rings. The van der Waals surface area contributed by atoms with Gasteiger partial charge in [0.25, 0.3) is 5.91 Å². The van der Waals surface area contributed by atoms with Gasteiger partial charge in [-0.1, -0.05) is 36.8 Å². The summed E-state index contributed by atoms with van der Waals surface area (Å²) >= 11 is 0. The molecule has 2 rings (SSSR count). The molecular formula is C17H18FNO. The van der Waals surface area contributed by atoms with Gasteiger partial charge in [0.1, 0.15) is 5.82 Å². The van der Waals surface area contributed by atoms with Crippen molar-refractivity contribution in [3.8, 4) is 0 Å². The number of hydrogen-bond donors (Lipinski definition) is 1. The van der Waals surface area contributed by atoms with E-state index in [1.54, 1.807) is 18.2 Å². The first-order valence-electron chi connectivity index (χ1n) is 6.66. The van der Waals surface area contributed by atoms with Gasteiger partial charge >= 0.3 is 0 Å². The Labute approximate surface area is 118 Å². The molecule has 2 aromatic carbocycles. The molecule has 20 heavy (non-hydrogen) atoms. The van der Waals surface area contributed by atoms with Crippen LogP contribution in [0.5, 0.6) is 0 Å². The monoisotopic (exact) mass is 271 g/mol. The second kappa shape index (κ2) is 6.33. The number of rotatable bonds is 4. The first kappa shape index (κ1) is 14.3. The zero-order valence-corrected chi connectivity index (χ0v) is 11.7. The van der Waals surface area contributed by atoms with E-state index in [0.29, 0.717) is 12.1 Å². The van der Waals surface area contributed by atoms with E-state index in [1.165, 1.54) is 12.1 Å². The minimum atomic E-state index is -0.246. The molecule has 1 amide bonds. The number of hydrogen-bond acceptors (Lipinski definition) is 1. The van der Waals surface area contributed by atoms with E-state index < -0.39 is 0 Å². The van der Waals surface area contributed by atoms with Crippen LogP contribution in [0.4, 0.5) is 4.39 Å². The highest BCUT2D eigenvalue weighted by Gasteiger charge is 2.09. The van der Waals surface area contributed by atoms with Gasteiger partial charge in [-0.15, -0.1) is 0 Å². The van der Waals surface area contributed by atoms with Crippen molar-refractivity contribution in [3.63, 3.8) is 0 Å². The molecule has 0 radical (unpaired) electrons. The van der Waals surface area contributed by atoms with Crippen molar-refractivity contribution in [2.45, 2.75) is 19.8 Å². The van der Waals surface area contributed by atoms with Crippen molar-refractivity contribution in [2.24, 2.45) is 0 Å². The lowest BCUT2D eigenvalue weighted by Gasteiger charge is -2.13. The number of amides is 1. The molecule has 0 saturated heterocycles. The summed E-state index contributed by atoms with van der Waals surface area (Å²) < 4.78 is 12.9.